The highest BCUT2D eigenvalue weighted by molar-refractivity contribution is 14.1. The number of hydrogen-bond donors (Lipinski definition) is 0. The number of anilines is 1. The number of fused-ring (bicyclic) bond motifs is 3. The first kappa shape index (κ1) is 9.62. The molecule has 0 aromatic carbocycles. The first-order valence-corrected chi connectivity index (χ1v) is 6.01. The molecule has 0 radical (unpaired) electrons. The molecule has 3 nitrogen and oxygen atoms in total. The minimum atomic E-state index is -0.746. The summed E-state index contributed by atoms with van der Waals surface area (Å²) < 4.78 is 20.0. The Morgan fingerprint density at radius 1 is 1.60 bits per heavy atom. The Labute approximate surface area is 101 Å². The Bertz CT molecular complexity index is 401. The molecule has 1 aromatic heterocycles. The van der Waals surface area contributed by atoms with Crippen LogP contribution in [0.15, 0.2) is 12.3 Å². The van der Waals surface area contributed by atoms with Gasteiger partial charge >= 0.3 is 0 Å². The van der Waals surface area contributed by atoms with Crippen molar-refractivity contribution in [2.75, 3.05) is 18.1 Å². The molecule has 0 N–H and O–H groups in total. The molecule has 0 bridgehead atoms. The molecule has 80 valence electrons. The maximum absolute atomic E-state index is 13.3. The molecule has 1 saturated heterocycles. The van der Waals surface area contributed by atoms with E-state index in [2.05, 4.69) is 27.6 Å². The fourth-order valence-electron chi connectivity index (χ4n) is 2.21. The summed E-state index contributed by atoms with van der Waals surface area (Å²) in [6.45, 7) is 1.03. The second-order valence-corrected chi connectivity index (χ2v) is 5.06. The summed E-state index contributed by atoms with van der Waals surface area (Å²) in [6.07, 6.45) is 1.56. The fourth-order valence-corrected chi connectivity index (χ4v) is 2.77. The van der Waals surface area contributed by atoms with Crippen molar-refractivity contribution in [3.63, 3.8) is 0 Å². The molecule has 5 heteroatoms. The topological polar surface area (TPSA) is 25.4 Å². The van der Waals surface area contributed by atoms with Gasteiger partial charge in [0.25, 0.3) is 0 Å². The first-order chi connectivity index (χ1) is 7.25. The molecule has 0 aliphatic carbocycles. The molecule has 1 fully saturated rings. The molecule has 3 heterocycles. The molecule has 2 aliphatic heterocycles. The summed E-state index contributed by atoms with van der Waals surface area (Å²) in [7, 11) is 0. The summed E-state index contributed by atoms with van der Waals surface area (Å²) in [5.74, 6) is 1.61. The molecule has 0 amide bonds. The number of alkyl halides is 1. The molecular weight excluding hydrogens is 310 g/mol. The lowest BCUT2D eigenvalue weighted by Crippen LogP contribution is -2.39. The second-order valence-electron chi connectivity index (χ2n) is 3.90. The molecule has 2 atom stereocenters. The normalized spacial score (nSPS) is 28.3. The van der Waals surface area contributed by atoms with Crippen LogP contribution < -0.4 is 9.64 Å². The van der Waals surface area contributed by atoms with Crippen molar-refractivity contribution in [1.82, 2.24) is 4.98 Å². The van der Waals surface area contributed by atoms with Crippen LogP contribution in [0, 0.1) is 3.57 Å². The number of pyridine rings is 1. The van der Waals surface area contributed by atoms with Crippen molar-refractivity contribution in [3.8, 4) is 5.75 Å². The summed E-state index contributed by atoms with van der Waals surface area (Å²) >= 11 is 2.22. The molecule has 1 aromatic rings. The van der Waals surface area contributed by atoms with E-state index in [1.54, 1.807) is 6.20 Å². The fraction of sp³-hybridized carbons (Fsp3) is 0.500. The summed E-state index contributed by atoms with van der Waals surface area (Å²) in [5, 5.41) is 0. The average Bonchev–Trinajstić information content (AvgIpc) is 2.59. The lowest BCUT2D eigenvalue weighted by atomic mass is 10.2. The number of rotatable bonds is 0. The van der Waals surface area contributed by atoms with E-state index in [9.17, 15) is 4.39 Å². The van der Waals surface area contributed by atoms with Crippen LogP contribution >= 0.6 is 22.6 Å². The van der Waals surface area contributed by atoms with Gasteiger partial charge in [0.1, 0.15) is 12.8 Å². The zero-order valence-electron chi connectivity index (χ0n) is 7.99. The van der Waals surface area contributed by atoms with Gasteiger partial charge in [-0.25, -0.2) is 9.37 Å². The van der Waals surface area contributed by atoms with E-state index in [0.29, 0.717) is 19.6 Å². The standard InChI is InChI=1S/C10H10FIN2O/c11-6-3-7-5-15-9-8(12)1-2-13-10(9)14(7)4-6/h1-2,6-7H,3-5H2/t6-,7+/m1/s1. The maximum Gasteiger partial charge on any atom is 0.175 e. The van der Waals surface area contributed by atoms with Crippen LogP contribution in [-0.2, 0) is 0 Å². The average molecular weight is 320 g/mol. The molecule has 3 rings (SSSR count). The van der Waals surface area contributed by atoms with Crippen LogP contribution in [0.4, 0.5) is 10.2 Å². The third kappa shape index (κ3) is 1.47. The Morgan fingerprint density at radius 3 is 3.33 bits per heavy atom. The zero-order chi connectivity index (χ0) is 10.4. The Kier molecular flexibility index (Phi) is 2.22. The molecule has 15 heavy (non-hydrogen) atoms. The van der Waals surface area contributed by atoms with Crippen LogP contribution in [0.1, 0.15) is 6.42 Å². The van der Waals surface area contributed by atoms with E-state index in [0.717, 1.165) is 15.1 Å². The van der Waals surface area contributed by atoms with Gasteiger partial charge in [0.15, 0.2) is 11.6 Å². The summed E-state index contributed by atoms with van der Waals surface area (Å²) in [4.78, 5) is 6.32. The minimum absolute atomic E-state index is 0.165. The zero-order valence-corrected chi connectivity index (χ0v) is 10.1. The number of halogens is 2. The minimum Gasteiger partial charge on any atom is -0.486 e. The van der Waals surface area contributed by atoms with Gasteiger partial charge in [0.2, 0.25) is 0 Å². The van der Waals surface area contributed by atoms with Gasteiger partial charge in [-0.3, -0.25) is 0 Å². The second kappa shape index (κ2) is 3.47. The van der Waals surface area contributed by atoms with Crippen LogP contribution in [0.3, 0.4) is 0 Å². The van der Waals surface area contributed by atoms with Crippen molar-refractivity contribution >= 4 is 28.4 Å². The highest BCUT2D eigenvalue weighted by Gasteiger charge is 2.38. The largest absolute Gasteiger partial charge is 0.486 e. The predicted octanol–water partition coefficient (Wildman–Crippen LogP) is 2.00. The Morgan fingerprint density at radius 2 is 2.47 bits per heavy atom. The summed E-state index contributed by atoms with van der Waals surface area (Å²) in [5.41, 5.74) is 0. The molecular formula is C10H10FIN2O. The lowest BCUT2D eigenvalue weighted by Gasteiger charge is -2.32. The highest BCUT2D eigenvalue weighted by Crippen LogP contribution is 2.39. The molecule has 0 saturated carbocycles. The van der Waals surface area contributed by atoms with Gasteiger partial charge in [-0.1, -0.05) is 0 Å². The van der Waals surface area contributed by atoms with Crippen molar-refractivity contribution in [3.05, 3.63) is 15.8 Å². The van der Waals surface area contributed by atoms with Crippen molar-refractivity contribution in [1.29, 1.82) is 0 Å². The highest BCUT2D eigenvalue weighted by atomic mass is 127. The van der Waals surface area contributed by atoms with E-state index >= 15 is 0 Å². The Balaban J connectivity index is 2.05. The van der Waals surface area contributed by atoms with E-state index in [4.69, 9.17) is 4.74 Å². The van der Waals surface area contributed by atoms with Gasteiger partial charge in [-0.05, 0) is 28.7 Å². The van der Waals surface area contributed by atoms with Gasteiger partial charge in [0, 0.05) is 12.6 Å². The van der Waals surface area contributed by atoms with Gasteiger partial charge in [0.05, 0.1) is 16.2 Å². The van der Waals surface area contributed by atoms with Crippen LogP contribution in [0.25, 0.3) is 0 Å². The maximum atomic E-state index is 13.3. The van der Waals surface area contributed by atoms with Crippen molar-refractivity contribution < 1.29 is 9.13 Å². The van der Waals surface area contributed by atoms with Gasteiger partial charge < -0.3 is 9.64 Å². The SMILES string of the molecule is F[C@@H]1C[C@H]2COc3c(I)ccnc3N2C1. The summed E-state index contributed by atoms with van der Waals surface area (Å²) in [6, 6.07) is 2.07. The lowest BCUT2D eigenvalue weighted by molar-refractivity contribution is 0.260. The number of nitrogens with zero attached hydrogens (tertiary/aromatic N) is 2. The Hall–Kier alpha value is -0.590. The third-order valence-electron chi connectivity index (χ3n) is 2.89. The first-order valence-electron chi connectivity index (χ1n) is 4.93. The van der Waals surface area contributed by atoms with Gasteiger partial charge in [-0.15, -0.1) is 0 Å². The number of aromatic nitrogens is 1. The third-order valence-corrected chi connectivity index (χ3v) is 3.74. The van der Waals surface area contributed by atoms with E-state index in [-0.39, 0.29) is 6.04 Å². The van der Waals surface area contributed by atoms with Crippen LogP contribution in [0.2, 0.25) is 0 Å². The van der Waals surface area contributed by atoms with Crippen LogP contribution in [0.5, 0.6) is 5.75 Å². The molecule has 2 aliphatic rings. The smallest absolute Gasteiger partial charge is 0.175 e. The quantitative estimate of drug-likeness (QED) is 0.684. The predicted molar refractivity (Wildman–Crippen MR) is 63.1 cm³/mol. The monoisotopic (exact) mass is 320 g/mol. The van der Waals surface area contributed by atoms with E-state index < -0.39 is 6.17 Å². The van der Waals surface area contributed by atoms with Crippen LogP contribution in [-0.4, -0.2) is 30.3 Å². The van der Waals surface area contributed by atoms with Gasteiger partial charge in [-0.2, -0.15) is 0 Å². The molecule has 0 unspecified atom stereocenters. The van der Waals surface area contributed by atoms with E-state index in [1.165, 1.54) is 0 Å². The number of ether oxygens (including phenoxy) is 1. The van der Waals surface area contributed by atoms with Crippen molar-refractivity contribution in [2.24, 2.45) is 0 Å². The van der Waals surface area contributed by atoms with Crippen molar-refractivity contribution in [2.45, 2.75) is 18.6 Å². The molecule has 0 spiro atoms. The van der Waals surface area contributed by atoms with E-state index in [1.807, 2.05) is 11.0 Å². The number of hydrogen-bond acceptors (Lipinski definition) is 3.